The molecule has 0 bridgehead atoms. The molecule has 0 unspecified atom stereocenters. The van der Waals surface area contributed by atoms with Gasteiger partial charge in [0.25, 0.3) is 0 Å². The Bertz CT molecular complexity index is 467. The van der Waals surface area contributed by atoms with Crippen molar-refractivity contribution in [1.82, 2.24) is 4.90 Å². The van der Waals surface area contributed by atoms with Crippen LogP contribution in [0.4, 0.5) is 0 Å². The van der Waals surface area contributed by atoms with E-state index in [1.807, 2.05) is 12.1 Å². The van der Waals surface area contributed by atoms with Gasteiger partial charge in [0.05, 0.1) is 0 Å². The monoisotopic (exact) mass is 319 g/mol. The van der Waals surface area contributed by atoms with Crippen LogP contribution < -0.4 is 4.74 Å². The molecule has 23 heavy (non-hydrogen) atoms. The second kappa shape index (κ2) is 7.67. The average Bonchev–Trinajstić information content (AvgIpc) is 2.43. The summed E-state index contributed by atoms with van der Waals surface area (Å²) >= 11 is 0. The van der Waals surface area contributed by atoms with Crippen molar-refractivity contribution in [2.45, 2.75) is 52.6 Å². The van der Waals surface area contributed by atoms with Crippen LogP contribution in [-0.2, 0) is 5.41 Å². The van der Waals surface area contributed by atoms with Gasteiger partial charge >= 0.3 is 0 Å². The Hall–Kier alpha value is -1.06. The van der Waals surface area contributed by atoms with Gasteiger partial charge < -0.3 is 14.7 Å². The number of β-amino-alcohol motifs (C(OH)–C–C–N with tert-alkyl or cyclic N) is 1. The minimum atomic E-state index is -0.435. The molecule has 3 heteroatoms. The fourth-order valence-corrected chi connectivity index (χ4v) is 3.54. The Morgan fingerprint density at radius 3 is 2.22 bits per heavy atom. The zero-order valence-electron chi connectivity index (χ0n) is 15.4. The minimum absolute atomic E-state index is 0.152. The number of hydrogen-bond acceptors (Lipinski definition) is 3. The van der Waals surface area contributed by atoms with Gasteiger partial charge in [0.1, 0.15) is 18.5 Å². The van der Waals surface area contributed by atoms with Crippen LogP contribution >= 0.6 is 0 Å². The SMILES string of the molecule is C[C@@H]1C[C@@H](C)CN(C[C@@H](O)COc2ccc(C(C)(C)C)cc2)C1. The van der Waals surface area contributed by atoms with Gasteiger partial charge in [-0.05, 0) is 41.4 Å². The summed E-state index contributed by atoms with van der Waals surface area (Å²) in [5.74, 6) is 2.27. The largest absolute Gasteiger partial charge is 0.491 e. The van der Waals surface area contributed by atoms with E-state index in [1.54, 1.807) is 0 Å². The fraction of sp³-hybridized carbons (Fsp3) is 0.700. The average molecular weight is 319 g/mol. The van der Waals surface area contributed by atoms with E-state index in [0.717, 1.165) is 30.7 Å². The van der Waals surface area contributed by atoms with E-state index in [-0.39, 0.29) is 5.41 Å². The van der Waals surface area contributed by atoms with Gasteiger partial charge in [-0.25, -0.2) is 0 Å². The number of ether oxygens (including phenoxy) is 1. The lowest BCUT2D eigenvalue weighted by molar-refractivity contribution is 0.0429. The van der Waals surface area contributed by atoms with E-state index in [4.69, 9.17) is 4.74 Å². The summed E-state index contributed by atoms with van der Waals surface area (Å²) in [7, 11) is 0. The Morgan fingerprint density at radius 1 is 1.13 bits per heavy atom. The maximum absolute atomic E-state index is 10.3. The summed E-state index contributed by atoms with van der Waals surface area (Å²) < 4.78 is 5.75. The van der Waals surface area contributed by atoms with Gasteiger partial charge in [-0.15, -0.1) is 0 Å². The zero-order valence-corrected chi connectivity index (χ0v) is 15.4. The van der Waals surface area contributed by atoms with Crippen LogP contribution in [0.15, 0.2) is 24.3 Å². The van der Waals surface area contributed by atoms with Gasteiger partial charge in [-0.3, -0.25) is 0 Å². The van der Waals surface area contributed by atoms with Crippen LogP contribution in [0.25, 0.3) is 0 Å². The van der Waals surface area contributed by atoms with E-state index >= 15 is 0 Å². The highest BCUT2D eigenvalue weighted by Gasteiger charge is 2.23. The number of nitrogens with zero attached hydrogens (tertiary/aromatic N) is 1. The molecule has 1 heterocycles. The van der Waals surface area contributed by atoms with Crippen LogP contribution in [-0.4, -0.2) is 42.4 Å². The summed E-state index contributed by atoms with van der Waals surface area (Å²) in [5.41, 5.74) is 1.45. The fourth-order valence-electron chi connectivity index (χ4n) is 3.54. The topological polar surface area (TPSA) is 32.7 Å². The van der Waals surface area contributed by atoms with Gasteiger partial charge in [0, 0.05) is 19.6 Å². The third-order valence-electron chi connectivity index (χ3n) is 4.58. The van der Waals surface area contributed by atoms with Gasteiger partial charge in [0.15, 0.2) is 0 Å². The molecule has 1 fully saturated rings. The predicted molar refractivity (Wildman–Crippen MR) is 96.0 cm³/mol. The molecule has 3 nitrogen and oxygen atoms in total. The Balaban J connectivity index is 1.79. The van der Waals surface area contributed by atoms with E-state index in [0.29, 0.717) is 13.2 Å². The smallest absolute Gasteiger partial charge is 0.119 e. The molecular formula is C20H33NO2. The quantitative estimate of drug-likeness (QED) is 0.898. The van der Waals surface area contributed by atoms with Crippen molar-refractivity contribution in [2.24, 2.45) is 11.8 Å². The van der Waals surface area contributed by atoms with E-state index in [2.05, 4.69) is 51.7 Å². The summed E-state index contributed by atoms with van der Waals surface area (Å²) in [6.07, 6.45) is 0.859. The first-order valence-electron chi connectivity index (χ1n) is 8.88. The standard InChI is InChI=1S/C20H33NO2/c1-15-10-16(2)12-21(11-15)13-18(22)14-23-19-8-6-17(7-9-19)20(3,4)5/h6-9,15-16,18,22H,10-14H2,1-5H3/t15-,16-,18-/m1/s1. The number of likely N-dealkylation sites (tertiary alicyclic amines) is 1. The van der Waals surface area contributed by atoms with Crippen molar-refractivity contribution in [3.8, 4) is 5.75 Å². The molecular weight excluding hydrogens is 286 g/mol. The third kappa shape index (κ3) is 5.82. The summed E-state index contributed by atoms with van der Waals surface area (Å²) in [4.78, 5) is 2.37. The van der Waals surface area contributed by atoms with Crippen molar-refractivity contribution in [2.75, 3.05) is 26.2 Å². The molecule has 1 N–H and O–H groups in total. The number of rotatable bonds is 5. The van der Waals surface area contributed by atoms with Crippen LogP contribution in [0.2, 0.25) is 0 Å². The van der Waals surface area contributed by atoms with Gasteiger partial charge in [-0.2, -0.15) is 0 Å². The first kappa shape index (κ1) is 18.3. The molecule has 0 amide bonds. The molecule has 1 aromatic carbocycles. The second-order valence-electron chi connectivity index (χ2n) is 8.40. The highest BCUT2D eigenvalue weighted by molar-refractivity contribution is 5.31. The molecule has 1 aliphatic heterocycles. The normalized spacial score (nSPS) is 24.4. The molecule has 1 aliphatic rings. The first-order chi connectivity index (χ1) is 10.7. The van der Waals surface area contributed by atoms with E-state index in [1.165, 1.54) is 12.0 Å². The summed E-state index contributed by atoms with van der Waals surface area (Å²) in [5, 5.41) is 10.3. The van der Waals surface area contributed by atoms with Crippen LogP contribution in [0, 0.1) is 11.8 Å². The maximum atomic E-state index is 10.3. The Kier molecular flexibility index (Phi) is 6.10. The summed E-state index contributed by atoms with van der Waals surface area (Å²) in [6, 6.07) is 8.21. The lowest BCUT2D eigenvalue weighted by Crippen LogP contribution is -2.44. The minimum Gasteiger partial charge on any atom is -0.491 e. The molecule has 0 saturated carbocycles. The highest BCUT2D eigenvalue weighted by Crippen LogP contribution is 2.24. The summed E-state index contributed by atoms with van der Waals surface area (Å²) in [6.45, 7) is 14.4. The van der Waals surface area contributed by atoms with Crippen LogP contribution in [0.5, 0.6) is 5.75 Å². The van der Waals surface area contributed by atoms with Gasteiger partial charge in [-0.1, -0.05) is 46.8 Å². The molecule has 1 aromatic rings. The maximum Gasteiger partial charge on any atom is 0.119 e. The van der Waals surface area contributed by atoms with E-state index in [9.17, 15) is 5.11 Å². The number of aliphatic hydroxyl groups is 1. The lowest BCUT2D eigenvalue weighted by atomic mass is 9.87. The zero-order chi connectivity index (χ0) is 17.0. The molecule has 0 radical (unpaired) electrons. The van der Waals surface area contributed by atoms with Gasteiger partial charge in [0.2, 0.25) is 0 Å². The van der Waals surface area contributed by atoms with Crippen LogP contribution in [0.3, 0.4) is 0 Å². The molecule has 1 saturated heterocycles. The number of hydrogen-bond donors (Lipinski definition) is 1. The van der Waals surface area contributed by atoms with Crippen molar-refractivity contribution >= 4 is 0 Å². The van der Waals surface area contributed by atoms with E-state index < -0.39 is 6.10 Å². The predicted octanol–water partition coefficient (Wildman–Crippen LogP) is 3.70. The van der Waals surface area contributed by atoms with Crippen molar-refractivity contribution < 1.29 is 9.84 Å². The van der Waals surface area contributed by atoms with Crippen molar-refractivity contribution in [1.29, 1.82) is 0 Å². The van der Waals surface area contributed by atoms with Crippen molar-refractivity contribution in [3.63, 3.8) is 0 Å². The lowest BCUT2D eigenvalue weighted by Gasteiger charge is -2.35. The second-order valence-corrected chi connectivity index (χ2v) is 8.40. The Morgan fingerprint density at radius 2 is 1.70 bits per heavy atom. The Labute approximate surface area is 141 Å². The molecule has 0 spiro atoms. The number of piperidine rings is 1. The number of benzene rings is 1. The molecule has 3 atom stereocenters. The third-order valence-corrected chi connectivity index (χ3v) is 4.58. The van der Waals surface area contributed by atoms with Crippen LogP contribution in [0.1, 0.15) is 46.6 Å². The first-order valence-corrected chi connectivity index (χ1v) is 8.88. The molecule has 0 aliphatic carbocycles. The molecule has 2 rings (SSSR count). The molecule has 0 aromatic heterocycles. The number of aliphatic hydroxyl groups excluding tert-OH is 1. The van der Waals surface area contributed by atoms with Crippen molar-refractivity contribution in [3.05, 3.63) is 29.8 Å². The molecule has 130 valence electrons. The highest BCUT2D eigenvalue weighted by atomic mass is 16.5.